The van der Waals surface area contributed by atoms with Crippen LogP contribution in [0.1, 0.15) is 12.8 Å². The van der Waals surface area contributed by atoms with E-state index in [4.69, 9.17) is 11.6 Å². The van der Waals surface area contributed by atoms with Crippen molar-refractivity contribution in [3.8, 4) is 5.75 Å². The van der Waals surface area contributed by atoms with Gasteiger partial charge in [0.25, 0.3) is 0 Å². The second-order valence-electron chi connectivity index (χ2n) is 4.78. The molecule has 10 heteroatoms. The summed E-state index contributed by atoms with van der Waals surface area (Å²) in [4.78, 5) is 0. The molecule has 1 aliphatic heterocycles. The minimum absolute atomic E-state index is 0.0205. The van der Waals surface area contributed by atoms with Crippen LogP contribution in [-0.4, -0.2) is 38.7 Å². The molecule has 0 radical (unpaired) electrons. The van der Waals surface area contributed by atoms with Gasteiger partial charge in [0.15, 0.2) is 0 Å². The summed E-state index contributed by atoms with van der Waals surface area (Å²) in [5.74, 6) is -1.87. The summed E-state index contributed by atoms with van der Waals surface area (Å²) in [5.41, 5.74) is -0.241. The van der Waals surface area contributed by atoms with Crippen LogP contribution in [0, 0.1) is 5.82 Å². The van der Waals surface area contributed by atoms with Gasteiger partial charge in [-0.05, 0) is 18.9 Å². The molecule has 0 unspecified atom stereocenters. The Morgan fingerprint density at radius 1 is 1.29 bits per heavy atom. The maximum atomic E-state index is 13.1. The van der Waals surface area contributed by atoms with E-state index in [-0.39, 0.29) is 35.1 Å². The van der Waals surface area contributed by atoms with Crippen LogP contribution < -0.4 is 4.72 Å². The predicted molar refractivity (Wildman–Crippen MR) is 77.3 cm³/mol. The first kappa shape index (κ1) is 16.3. The maximum absolute atomic E-state index is 13.1. The number of anilines is 1. The Morgan fingerprint density at radius 3 is 2.43 bits per heavy atom. The zero-order chi connectivity index (χ0) is 15.8. The lowest BCUT2D eigenvalue weighted by Crippen LogP contribution is -2.36. The molecule has 118 valence electrons. The molecule has 0 atom stereocenters. The summed E-state index contributed by atoms with van der Waals surface area (Å²) in [7, 11) is -7.08. The van der Waals surface area contributed by atoms with Gasteiger partial charge in [-0.25, -0.2) is 21.2 Å². The molecule has 0 amide bonds. The normalized spacial score (nSPS) is 19.3. The van der Waals surface area contributed by atoms with Crippen molar-refractivity contribution >= 4 is 37.1 Å². The van der Waals surface area contributed by atoms with Crippen LogP contribution in [0.25, 0.3) is 0 Å². The monoisotopic (exact) mass is 357 g/mol. The van der Waals surface area contributed by atoms with E-state index in [2.05, 4.69) is 4.72 Å². The molecule has 1 heterocycles. The van der Waals surface area contributed by atoms with E-state index >= 15 is 0 Å². The summed E-state index contributed by atoms with van der Waals surface area (Å²) < 4.78 is 62.2. The fraction of sp³-hybridized carbons (Fsp3) is 0.455. The molecule has 0 aliphatic carbocycles. The number of benzene rings is 1. The number of sulfonamides is 1. The lowest BCUT2D eigenvalue weighted by molar-refractivity contribution is 0.471. The first-order valence-electron chi connectivity index (χ1n) is 6.01. The van der Waals surface area contributed by atoms with E-state index in [9.17, 15) is 26.3 Å². The molecule has 0 saturated carbocycles. The molecule has 1 aromatic carbocycles. The smallest absolute Gasteiger partial charge is 0.235 e. The van der Waals surface area contributed by atoms with Crippen LogP contribution in [-0.2, 0) is 19.9 Å². The molecule has 1 fully saturated rings. The summed E-state index contributed by atoms with van der Waals surface area (Å²) >= 11 is 5.54. The number of halogens is 2. The molecular weight excluding hydrogens is 345 g/mol. The quantitative estimate of drug-likeness (QED) is 0.798. The fourth-order valence-corrected chi connectivity index (χ4v) is 5.48. The largest absolute Gasteiger partial charge is 0.506 e. The molecule has 2 N–H and O–H groups in total. The van der Waals surface area contributed by atoms with Gasteiger partial charge in [0.05, 0.1) is 27.5 Å². The average molecular weight is 358 g/mol. The number of hydrogen-bond acceptors (Lipinski definition) is 5. The Labute approximate surface area is 126 Å². The summed E-state index contributed by atoms with van der Waals surface area (Å²) in [6, 6.07) is 1.66. The van der Waals surface area contributed by atoms with Crippen molar-refractivity contribution in [1.82, 2.24) is 0 Å². The number of sulfone groups is 1. The van der Waals surface area contributed by atoms with Crippen LogP contribution in [0.2, 0.25) is 5.02 Å². The first-order valence-corrected chi connectivity index (χ1v) is 9.75. The van der Waals surface area contributed by atoms with Gasteiger partial charge in [-0.1, -0.05) is 11.6 Å². The van der Waals surface area contributed by atoms with E-state index < -0.39 is 36.7 Å². The minimum Gasteiger partial charge on any atom is -0.506 e. The van der Waals surface area contributed by atoms with Gasteiger partial charge in [-0.3, -0.25) is 4.72 Å². The van der Waals surface area contributed by atoms with Gasteiger partial charge < -0.3 is 5.11 Å². The van der Waals surface area contributed by atoms with Crippen LogP contribution >= 0.6 is 11.6 Å². The topological polar surface area (TPSA) is 101 Å². The van der Waals surface area contributed by atoms with E-state index in [0.717, 1.165) is 6.07 Å². The van der Waals surface area contributed by atoms with Gasteiger partial charge in [0, 0.05) is 6.07 Å². The third kappa shape index (κ3) is 3.78. The van der Waals surface area contributed by atoms with E-state index in [0.29, 0.717) is 6.07 Å². The minimum atomic E-state index is -3.89. The predicted octanol–water partition coefficient (Wildman–Crippen LogP) is 1.50. The molecular formula is C11H13ClFNO5S2. The Morgan fingerprint density at radius 2 is 1.86 bits per heavy atom. The molecule has 0 spiro atoms. The zero-order valence-electron chi connectivity index (χ0n) is 10.7. The van der Waals surface area contributed by atoms with Crippen molar-refractivity contribution in [2.75, 3.05) is 16.2 Å². The molecule has 1 saturated heterocycles. The SMILES string of the molecule is O=S1(=O)CCC(S(=O)(=O)Nc2cc(Cl)c(F)cc2O)CC1. The van der Waals surface area contributed by atoms with Crippen molar-refractivity contribution in [2.24, 2.45) is 0 Å². The molecule has 6 nitrogen and oxygen atoms in total. The zero-order valence-corrected chi connectivity index (χ0v) is 13.1. The summed E-state index contributed by atoms with van der Waals surface area (Å²) in [6.07, 6.45) is -0.0410. The van der Waals surface area contributed by atoms with Crippen LogP contribution in [0.3, 0.4) is 0 Å². The second kappa shape index (κ2) is 5.62. The van der Waals surface area contributed by atoms with Crippen molar-refractivity contribution in [3.63, 3.8) is 0 Å². The molecule has 21 heavy (non-hydrogen) atoms. The highest BCUT2D eigenvalue weighted by atomic mass is 35.5. The van der Waals surface area contributed by atoms with E-state index in [1.165, 1.54) is 0 Å². The molecule has 0 aromatic heterocycles. The Bertz CT molecular complexity index is 749. The van der Waals surface area contributed by atoms with Crippen molar-refractivity contribution in [3.05, 3.63) is 23.0 Å². The summed E-state index contributed by atoms with van der Waals surface area (Å²) in [5, 5.41) is 8.32. The number of aromatic hydroxyl groups is 1. The molecule has 1 aromatic rings. The lowest BCUT2D eigenvalue weighted by Gasteiger charge is -2.23. The fourth-order valence-electron chi connectivity index (χ4n) is 2.03. The van der Waals surface area contributed by atoms with Crippen LogP contribution in [0.5, 0.6) is 5.75 Å². The van der Waals surface area contributed by atoms with Crippen molar-refractivity contribution < 1.29 is 26.3 Å². The highest BCUT2D eigenvalue weighted by Gasteiger charge is 2.33. The highest BCUT2D eigenvalue weighted by Crippen LogP contribution is 2.31. The highest BCUT2D eigenvalue weighted by molar-refractivity contribution is 7.94. The van der Waals surface area contributed by atoms with Gasteiger partial charge in [0.2, 0.25) is 10.0 Å². The van der Waals surface area contributed by atoms with Crippen LogP contribution in [0.4, 0.5) is 10.1 Å². The number of rotatable bonds is 3. The van der Waals surface area contributed by atoms with Crippen molar-refractivity contribution in [1.29, 1.82) is 0 Å². The Balaban J connectivity index is 2.21. The van der Waals surface area contributed by atoms with E-state index in [1.54, 1.807) is 0 Å². The second-order valence-corrected chi connectivity index (χ2v) is 9.45. The third-order valence-corrected chi connectivity index (χ3v) is 7.09. The van der Waals surface area contributed by atoms with Crippen molar-refractivity contribution in [2.45, 2.75) is 18.1 Å². The average Bonchev–Trinajstić information content (AvgIpc) is 2.35. The summed E-state index contributed by atoms with van der Waals surface area (Å²) in [6.45, 7) is 0. The maximum Gasteiger partial charge on any atom is 0.235 e. The molecule has 1 aliphatic rings. The van der Waals surface area contributed by atoms with Gasteiger partial charge >= 0.3 is 0 Å². The number of phenolic OH excluding ortho intramolecular Hbond substituents is 1. The number of hydrogen-bond donors (Lipinski definition) is 2. The van der Waals surface area contributed by atoms with Gasteiger partial charge in [0.1, 0.15) is 21.4 Å². The van der Waals surface area contributed by atoms with Gasteiger partial charge in [-0.15, -0.1) is 0 Å². The number of phenols is 1. The standard InChI is InChI=1S/C11H13ClFNO5S2/c12-8-5-10(11(15)6-9(8)13)14-21(18,19)7-1-3-20(16,17)4-2-7/h5-7,14-15H,1-4H2. The molecule has 0 bridgehead atoms. The third-order valence-electron chi connectivity index (χ3n) is 3.23. The van der Waals surface area contributed by atoms with Crippen LogP contribution in [0.15, 0.2) is 12.1 Å². The number of nitrogens with one attached hydrogen (secondary N) is 1. The Kier molecular flexibility index (Phi) is 4.36. The lowest BCUT2D eigenvalue weighted by atomic mass is 10.2. The Hall–Kier alpha value is -1.06. The molecule has 2 rings (SSSR count). The van der Waals surface area contributed by atoms with E-state index in [1.807, 2.05) is 0 Å². The first-order chi connectivity index (χ1) is 9.61. The van der Waals surface area contributed by atoms with Gasteiger partial charge in [-0.2, -0.15) is 0 Å².